The highest BCUT2D eigenvalue weighted by atomic mass is 127. The van der Waals surface area contributed by atoms with E-state index in [2.05, 4.69) is 97.0 Å². The van der Waals surface area contributed by atoms with Crippen LogP contribution in [0, 0.1) is 23.7 Å². The van der Waals surface area contributed by atoms with Crippen LogP contribution in [-0.2, 0) is 4.74 Å². The van der Waals surface area contributed by atoms with Crippen LogP contribution >= 0.6 is 24.0 Å². The first-order valence-electron chi connectivity index (χ1n) is 14.3. The maximum absolute atomic E-state index is 6.11. The van der Waals surface area contributed by atoms with Gasteiger partial charge in [-0.15, -0.1) is 24.0 Å². The van der Waals surface area contributed by atoms with Crippen molar-refractivity contribution in [3.63, 3.8) is 0 Å². The monoisotopic (exact) mass is 612 g/mol. The number of hydrogen-bond acceptors (Lipinski definition) is 2. The summed E-state index contributed by atoms with van der Waals surface area (Å²) in [6.07, 6.45) is 17.7. The van der Waals surface area contributed by atoms with Crippen molar-refractivity contribution in [3.05, 3.63) is 54.1 Å². The molecule has 1 aliphatic carbocycles. The largest absolute Gasteiger partial charge is 0.463 e. The highest BCUT2D eigenvalue weighted by molar-refractivity contribution is 14.0. The van der Waals surface area contributed by atoms with E-state index in [0.717, 1.165) is 24.7 Å². The van der Waals surface area contributed by atoms with E-state index in [9.17, 15) is 0 Å². The van der Waals surface area contributed by atoms with Crippen LogP contribution in [0.3, 0.4) is 0 Å². The fourth-order valence-electron chi connectivity index (χ4n) is 4.90. The molecule has 1 unspecified atom stereocenters. The Kier molecular flexibility index (Phi) is 18.9. The molecule has 36 heavy (non-hydrogen) atoms. The SMILES string of the molecule is CC(C)C(c1ccc(OC(C)(C)OCCCCC2C=CC=CC2)cc1)C(C)C.CCCCC(C)C.I. The first-order chi connectivity index (χ1) is 16.6. The van der Waals surface area contributed by atoms with Gasteiger partial charge < -0.3 is 9.47 Å². The maximum Gasteiger partial charge on any atom is 0.204 e. The summed E-state index contributed by atoms with van der Waals surface area (Å²) in [5.41, 5.74) is 1.39. The summed E-state index contributed by atoms with van der Waals surface area (Å²) >= 11 is 0. The quantitative estimate of drug-likeness (QED) is 0.118. The minimum atomic E-state index is -0.607. The van der Waals surface area contributed by atoms with Gasteiger partial charge in [0, 0.05) is 13.8 Å². The van der Waals surface area contributed by atoms with Gasteiger partial charge in [-0.25, -0.2) is 0 Å². The molecule has 3 heteroatoms. The van der Waals surface area contributed by atoms with Gasteiger partial charge in [-0.05, 0) is 66.5 Å². The summed E-state index contributed by atoms with van der Waals surface area (Å²) in [7, 11) is 0. The van der Waals surface area contributed by atoms with Gasteiger partial charge >= 0.3 is 0 Å². The summed E-state index contributed by atoms with van der Waals surface area (Å²) < 4.78 is 12.1. The zero-order valence-electron chi connectivity index (χ0n) is 24.9. The van der Waals surface area contributed by atoms with Gasteiger partial charge in [0.1, 0.15) is 5.75 Å². The topological polar surface area (TPSA) is 18.5 Å². The molecule has 2 nitrogen and oxygen atoms in total. The zero-order valence-corrected chi connectivity index (χ0v) is 27.2. The van der Waals surface area contributed by atoms with E-state index in [-0.39, 0.29) is 24.0 Å². The second kappa shape index (κ2) is 19.3. The molecule has 0 saturated heterocycles. The van der Waals surface area contributed by atoms with Crippen molar-refractivity contribution < 1.29 is 9.47 Å². The minimum absolute atomic E-state index is 0. The molecule has 0 heterocycles. The molecule has 2 rings (SSSR count). The van der Waals surface area contributed by atoms with Crippen molar-refractivity contribution in [1.29, 1.82) is 0 Å². The van der Waals surface area contributed by atoms with E-state index in [1.807, 2.05) is 13.8 Å². The highest BCUT2D eigenvalue weighted by Crippen LogP contribution is 2.33. The smallest absolute Gasteiger partial charge is 0.204 e. The Morgan fingerprint density at radius 1 is 0.889 bits per heavy atom. The third kappa shape index (κ3) is 15.4. The van der Waals surface area contributed by atoms with Gasteiger partial charge in [-0.3, -0.25) is 0 Å². The Hall–Kier alpha value is -0.810. The first-order valence-corrected chi connectivity index (χ1v) is 14.3. The lowest BCUT2D eigenvalue weighted by Gasteiger charge is -2.28. The number of benzene rings is 1. The standard InChI is InChI=1S/C26H40O2.C7H16.HI/c1-20(2)25(21(3)4)23-15-17-24(18-16-23)28-26(5,6)27-19-11-10-14-22-12-8-7-9-13-22;1-4-5-6-7(2)3;/h7-9,12,15-18,20-22,25H,10-11,13-14,19H2,1-6H3;7H,4-6H2,1-3H3;1H. The Labute approximate surface area is 241 Å². The number of halogens is 1. The fraction of sp³-hybridized carbons (Fsp3) is 0.697. The molecule has 0 fully saturated rings. The average molecular weight is 613 g/mol. The molecule has 0 saturated carbocycles. The van der Waals surface area contributed by atoms with Gasteiger partial charge in [-0.1, -0.05) is 111 Å². The van der Waals surface area contributed by atoms with Gasteiger partial charge in [0.15, 0.2) is 0 Å². The Balaban J connectivity index is 0.00000134. The second-order valence-corrected chi connectivity index (χ2v) is 11.8. The Morgan fingerprint density at radius 2 is 1.53 bits per heavy atom. The number of ether oxygens (including phenoxy) is 2. The predicted molar refractivity (Wildman–Crippen MR) is 170 cm³/mol. The molecular weight excluding hydrogens is 555 g/mol. The maximum atomic E-state index is 6.11. The van der Waals surface area contributed by atoms with Crippen LogP contribution in [0.15, 0.2) is 48.6 Å². The van der Waals surface area contributed by atoms with E-state index in [4.69, 9.17) is 9.47 Å². The van der Waals surface area contributed by atoms with Crippen LogP contribution in [0.1, 0.15) is 119 Å². The molecule has 208 valence electrons. The Bertz CT molecular complexity index is 708. The normalized spacial score (nSPS) is 15.3. The molecular formula is C33H57IO2. The van der Waals surface area contributed by atoms with Crippen molar-refractivity contribution in [2.75, 3.05) is 6.61 Å². The molecule has 1 aromatic rings. The Morgan fingerprint density at radius 3 is 2.00 bits per heavy atom. The third-order valence-electron chi connectivity index (χ3n) is 6.69. The van der Waals surface area contributed by atoms with Crippen molar-refractivity contribution in [2.24, 2.45) is 23.7 Å². The van der Waals surface area contributed by atoms with Crippen molar-refractivity contribution >= 4 is 24.0 Å². The van der Waals surface area contributed by atoms with Crippen LogP contribution in [0.25, 0.3) is 0 Å². The minimum Gasteiger partial charge on any atom is -0.463 e. The zero-order chi connectivity index (χ0) is 26.3. The van der Waals surface area contributed by atoms with Crippen LogP contribution in [0.2, 0.25) is 0 Å². The van der Waals surface area contributed by atoms with E-state index < -0.39 is 5.79 Å². The van der Waals surface area contributed by atoms with Gasteiger partial charge in [0.05, 0.1) is 6.61 Å². The molecule has 0 spiro atoms. The van der Waals surface area contributed by atoms with Crippen molar-refractivity contribution in [3.8, 4) is 5.75 Å². The third-order valence-corrected chi connectivity index (χ3v) is 6.69. The summed E-state index contributed by atoms with van der Waals surface area (Å²) in [5, 5.41) is 0. The van der Waals surface area contributed by atoms with E-state index in [0.29, 0.717) is 23.7 Å². The number of unbranched alkanes of at least 4 members (excludes halogenated alkanes) is 2. The second-order valence-electron chi connectivity index (χ2n) is 11.8. The summed E-state index contributed by atoms with van der Waals surface area (Å²) in [6, 6.07) is 8.59. The number of allylic oxidation sites excluding steroid dienone is 4. The van der Waals surface area contributed by atoms with Gasteiger partial charge in [0.2, 0.25) is 5.79 Å². The lowest BCUT2D eigenvalue weighted by atomic mass is 9.80. The molecule has 0 N–H and O–H groups in total. The highest BCUT2D eigenvalue weighted by Gasteiger charge is 2.22. The lowest BCUT2D eigenvalue weighted by molar-refractivity contribution is -0.156. The van der Waals surface area contributed by atoms with E-state index >= 15 is 0 Å². The average Bonchev–Trinajstić information content (AvgIpc) is 2.79. The summed E-state index contributed by atoms with van der Waals surface area (Å²) in [5.74, 6) is 3.71. The fourth-order valence-corrected chi connectivity index (χ4v) is 4.90. The van der Waals surface area contributed by atoms with Crippen LogP contribution in [0.5, 0.6) is 5.75 Å². The van der Waals surface area contributed by atoms with Crippen LogP contribution in [0.4, 0.5) is 0 Å². The molecule has 1 atom stereocenters. The summed E-state index contributed by atoms with van der Waals surface area (Å²) in [6.45, 7) is 20.7. The first kappa shape index (κ1) is 35.2. The molecule has 0 amide bonds. The van der Waals surface area contributed by atoms with E-state index in [1.165, 1.54) is 44.1 Å². The molecule has 0 aromatic heterocycles. The molecule has 1 aromatic carbocycles. The van der Waals surface area contributed by atoms with Gasteiger partial charge in [-0.2, -0.15) is 0 Å². The van der Waals surface area contributed by atoms with Crippen molar-refractivity contribution in [1.82, 2.24) is 0 Å². The molecule has 1 aliphatic rings. The molecule has 0 bridgehead atoms. The number of rotatable bonds is 14. The molecule has 0 aliphatic heterocycles. The predicted octanol–water partition coefficient (Wildman–Crippen LogP) is 11.0. The number of hydrogen-bond donors (Lipinski definition) is 0. The van der Waals surface area contributed by atoms with Crippen LogP contribution < -0.4 is 4.74 Å². The van der Waals surface area contributed by atoms with E-state index in [1.54, 1.807) is 0 Å². The summed E-state index contributed by atoms with van der Waals surface area (Å²) in [4.78, 5) is 0. The lowest BCUT2D eigenvalue weighted by Crippen LogP contribution is -2.32. The molecule has 0 radical (unpaired) electrons. The van der Waals surface area contributed by atoms with Crippen molar-refractivity contribution in [2.45, 2.75) is 119 Å². The van der Waals surface area contributed by atoms with Crippen LogP contribution in [-0.4, -0.2) is 12.4 Å². The van der Waals surface area contributed by atoms with Gasteiger partial charge in [0.25, 0.3) is 0 Å².